The van der Waals surface area contributed by atoms with Gasteiger partial charge in [0.15, 0.2) is 5.13 Å². The van der Waals surface area contributed by atoms with Gasteiger partial charge in [0.1, 0.15) is 0 Å². The van der Waals surface area contributed by atoms with E-state index in [1.54, 1.807) is 0 Å². The maximum Gasteiger partial charge on any atom is 0.240 e. The average Bonchev–Trinajstić information content (AvgIpc) is 2.80. The predicted molar refractivity (Wildman–Crippen MR) is 81.9 cm³/mol. The first-order valence-corrected chi connectivity index (χ1v) is 7.66. The largest absolute Gasteiger partial charge is 0.327 e. The van der Waals surface area contributed by atoms with E-state index in [4.69, 9.17) is 5.73 Å². The van der Waals surface area contributed by atoms with E-state index in [1.807, 2.05) is 24.3 Å². The Bertz CT molecular complexity index is 579. The van der Waals surface area contributed by atoms with E-state index < -0.39 is 0 Å². The standard InChI is InChI=1S/C14H18N4OS/c15-10-4-3-7-18(8-10)9-13(19)17-14-16-11-5-1-2-6-12(11)20-14/h1-2,5-6,10H,3-4,7-9,15H2,(H,16,17,19)/t10-/m1/s1. The molecule has 0 bridgehead atoms. The number of nitrogens with two attached hydrogens (primary N) is 1. The maximum absolute atomic E-state index is 12.0. The first kappa shape index (κ1) is 13.5. The van der Waals surface area contributed by atoms with Crippen LogP contribution in [0.2, 0.25) is 0 Å². The number of carbonyl (C=O) groups excluding carboxylic acids is 1. The van der Waals surface area contributed by atoms with E-state index in [1.165, 1.54) is 11.3 Å². The Kier molecular flexibility index (Phi) is 3.95. The summed E-state index contributed by atoms with van der Waals surface area (Å²) in [6.45, 7) is 2.14. The van der Waals surface area contributed by atoms with Crippen LogP contribution in [-0.2, 0) is 4.79 Å². The van der Waals surface area contributed by atoms with E-state index in [2.05, 4.69) is 15.2 Å². The lowest BCUT2D eigenvalue weighted by molar-refractivity contribution is -0.117. The van der Waals surface area contributed by atoms with Crippen molar-refractivity contribution in [2.24, 2.45) is 5.73 Å². The fourth-order valence-electron chi connectivity index (χ4n) is 2.52. The molecule has 20 heavy (non-hydrogen) atoms. The molecule has 3 rings (SSSR count). The third kappa shape index (κ3) is 3.15. The van der Waals surface area contributed by atoms with Gasteiger partial charge in [0, 0.05) is 12.6 Å². The number of benzene rings is 1. The smallest absolute Gasteiger partial charge is 0.240 e. The van der Waals surface area contributed by atoms with Crippen LogP contribution < -0.4 is 11.1 Å². The summed E-state index contributed by atoms with van der Waals surface area (Å²) in [5, 5.41) is 3.54. The lowest BCUT2D eigenvalue weighted by atomic mass is 10.1. The summed E-state index contributed by atoms with van der Waals surface area (Å²) >= 11 is 1.50. The Balaban J connectivity index is 1.60. The molecule has 0 radical (unpaired) electrons. The highest BCUT2D eigenvalue weighted by atomic mass is 32.1. The van der Waals surface area contributed by atoms with Crippen molar-refractivity contribution in [1.82, 2.24) is 9.88 Å². The van der Waals surface area contributed by atoms with E-state index in [0.29, 0.717) is 11.7 Å². The van der Waals surface area contributed by atoms with Gasteiger partial charge in [0.05, 0.1) is 16.8 Å². The number of para-hydroxylation sites is 1. The number of fused-ring (bicyclic) bond motifs is 1. The van der Waals surface area contributed by atoms with Crippen LogP contribution in [0.15, 0.2) is 24.3 Å². The number of hydrogen-bond donors (Lipinski definition) is 2. The first-order valence-electron chi connectivity index (χ1n) is 6.84. The fraction of sp³-hybridized carbons (Fsp3) is 0.429. The molecule has 1 saturated heterocycles. The first-order chi connectivity index (χ1) is 9.70. The van der Waals surface area contributed by atoms with Crippen LogP contribution in [0.1, 0.15) is 12.8 Å². The van der Waals surface area contributed by atoms with Gasteiger partial charge in [0.25, 0.3) is 0 Å². The molecule has 1 amide bonds. The van der Waals surface area contributed by atoms with Crippen LogP contribution in [0, 0.1) is 0 Å². The molecule has 3 N–H and O–H groups in total. The van der Waals surface area contributed by atoms with E-state index in [0.717, 1.165) is 36.1 Å². The Morgan fingerprint density at radius 2 is 2.35 bits per heavy atom. The van der Waals surface area contributed by atoms with Crippen molar-refractivity contribution < 1.29 is 4.79 Å². The summed E-state index contributed by atoms with van der Waals surface area (Å²) in [4.78, 5) is 18.5. The molecule has 2 aromatic rings. The highest BCUT2D eigenvalue weighted by Gasteiger charge is 2.19. The van der Waals surface area contributed by atoms with Crippen LogP contribution in [0.5, 0.6) is 0 Å². The summed E-state index contributed by atoms with van der Waals surface area (Å²) in [6, 6.07) is 8.07. The Morgan fingerprint density at radius 1 is 1.50 bits per heavy atom. The summed E-state index contributed by atoms with van der Waals surface area (Å²) in [6.07, 6.45) is 2.12. The second kappa shape index (κ2) is 5.87. The van der Waals surface area contributed by atoms with Gasteiger partial charge in [-0.25, -0.2) is 4.98 Å². The molecule has 1 aromatic carbocycles. The molecule has 106 valence electrons. The molecule has 6 heteroatoms. The predicted octanol–water partition coefficient (Wildman–Crippen LogP) is 1.66. The molecule has 5 nitrogen and oxygen atoms in total. The quantitative estimate of drug-likeness (QED) is 0.902. The van der Waals surface area contributed by atoms with E-state index in [-0.39, 0.29) is 11.9 Å². The fourth-order valence-corrected chi connectivity index (χ4v) is 3.40. The molecule has 0 spiro atoms. The number of amides is 1. The Morgan fingerprint density at radius 3 is 3.15 bits per heavy atom. The second-order valence-electron chi connectivity index (χ2n) is 5.17. The van der Waals surface area contributed by atoms with Crippen LogP contribution in [0.25, 0.3) is 10.2 Å². The number of aromatic nitrogens is 1. The minimum absolute atomic E-state index is 0.0156. The van der Waals surface area contributed by atoms with Crippen LogP contribution in [-0.4, -0.2) is 41.5 Å². The zero-order valence-corrected chi connectivity index (χ0v) is 12.0. The van der Waals surface area contributed by atoms with Crippen molar-refractivity contribution in [1.29, 1.82) is 0 Å². The summed E-state index contributed by atoms with van der Waals surface area (Å²) in [5.41, 5.74) is 6.84. The van der Waals surface area contributed by atoms with Crippen molar-refractivity contribution >= 4 is 32.6 Å². The van der Waals surface area contributed by atoms with Crippen LogP contribution in [0.4, 0.5) is 5.13 Å². The van der Waals surface area contributed by atoms with Crippen LogP contribution >= 0.6 is 11.3 Å². The lowest BCUT2D eigenvalue weighted by Crippen LogP contribution is -2.45. The molecular formula is C14H18N4OS. The molecule has 0 aliphatic carbocycles. The van der Waals surface area contributed by atoms with Gasteiger partial charge in [-0.3, -0.25) is 9.69 Å². The summed E-state index contributed by atoms with van der Waals surface area (Å²) in [7, 11) is 0. The molecule has 1 fully saturated rings. The number of hydrogen-bond acceptors (Lipinski definition) is 5. The highest BCUT2D eigenvalue weighted by Crippen LogP contribution is 2.25. The third-order valence-electron chi connectivity index (χ3n) is 3.45. The molecule has 1 aliphatic heterocycles. The monoisotopic (exact) mass is 290 g/mol. The van der Waals surface area contributed by atoms with E-state index >= 15 is 0 Å². The van der Waals surface area contributed by atoms with Gasteiger partial charge in [-0.05, 0) is 31.5 Å². The molecule has 2 heterocycles. The number of rotatable bonds is 3. The van der Waals surface area contributed by atoms with Gasteiger partial charge in [-0.15, -0.1) is 0 Å². The van der Waals surface area contributed by atoms with Gasteiger partial charge in [-0.1, -0.05) is 23.5 Å². The minimum atomic E-state index is -0.0156. The molecule has 1 aromatic heterocycles. The summed E-state index contributed by atoms with van der Waals surface area (Å²) in [5.74, 6) is -0.0156. The lowest BCUT2D eigenvalue weighted by Gasteiger charge is -2.29. The van der Waals surface area contributed by atoms with Crippen molar-refractivity contribution in [3.05, 3.63) is 24.3 Å². The van der Waals surface area contributed by atoms with Gasteiger partial charge in [-0.2, -0.15) is 0 Å². The Hall–Kier alpha value is -1.50. The number of likely N-dealkylation sites (tertiary alicyclic amines) is 1. The van der Waals surface area contributed by atoms with Gasteiger partial charge >= 0.3 is 0 Å². The topological polar surface area (TPSA) is 71.2 Å². The Labute approximate surface area is 121 Å². The molecule has 1 atom stereocenters. The average molecular weight is 290 g/mol. The highest BCUT2D eigenvalue weighted by molar-refractivity contribution is 7.22. The molecular weight excluding hydrogens is 272 g/mol. The number of piperidine rings is 1. The van der Waals surface area contributed by atoms with Crippen molar-refractivity contribution in [2.45, 2.75) is 18.9 Å². The normalized spacial score (nSPS) is 20.1. The zero-order valence-electron chi connectivity index (χ0n) is 11.2. The molecule has 0 saturated carbocycles. The number of nitrogens with zero attached hydrogens (tertiary/aromatic N) is 2. The van der Waals surface area contributed by atoms with Crippen molar-refractivity contribution in [3.8, 4) is 0 Å². The third-order valence-corrected chi connectivity index (χ3v) is 4.40. The van der Waals surface area contributed by atoms with Crippen LogP contribution in [0.3, 0.4) is 0 Å². The molecule has 1 aliphatic rings. The number of nitrogens with one attached hydrogen (secondary N) is 1. The minimum Gasteiger partial charge on any atom is -0.327 e. The van der Waals surface area contributed by atoms with E-state index in [9.17, 15) is 4.79 Å². The molecule has 0 unspecified atom stereocenters. The SMILES string of the molecule is N[C@@H]1CCCN(CC(=O)Nc2nc3ccccc3s2)C1. The van der Waals surface area contributed by atoms with Crippen molar-refractivity contribution in [3.63, 3.8) is 0 Å². The number of anilines is 1. The van der Waals surface area contributed by atoms with Crippen molar-refractivity contribution in [2.75, 3.05) is 25.0 Å². The number of carbonyl (C=O) groups is 1. The zero-order chi connectivity index (χ0) is 13.9. The number of thiazole rings is 1. The summed E-state index contributed by atoms with van der Waals surface area (Å²) < 4.78 is 1.09. The maximum atomic E-state index is 12.0. The second-order valence-corrected chi connectivity index (χ2v) is 6.20. The van der Waals surface area contributed by atoms with Gasteiger partial charge in [0.2, 0.25) is 5.91 Å². The van der Waals surface area contributed by atoms with Gasteiger partial charge < -0.3 is 11.1 Å².